The highest BCUT2D eigenvalue weighted by Crippen LogP contribution is 2.20. The number of rotatable bonds is 10. The Morgan fingerprint density at radius 1 is 1.10 bits per heavy atom. The lowest BCUT2D eigenvalue weighted by Crippen LogP contribution is -2.32. The van der Waals surface area contributed by atoms with E-state index in [0.717, 1.165) is 23.3 Å². The fraction of sp³-hybridized carbons (Fsp3) is 0.409. The van der Waals surface area contributed by atoms with Gasteiger partial charge in [-0.05, 0) is 55.2 Å². The monoisotopic (exact) mass is 418 g/mol. The van der Waals surface area contributed by atoms with E-state index >= 15 is 0 Å². The number of nitrogens with one attached hydrogen (secondary N) is 1. The third-order valence-corrected chi connectivity index (χ3v) is 5.99. The third kappa shape index (κ3) is 6.78. The van der Waals surface area contributed by atoms with Crippen LogP contribution in [0.25, 0.3) is 0 Å². The summed E-state index contributed by atoms with van der Waals surface area (Å²) < 4.78 is 30.9. The molecular formula is C22H30N2O4S. The average molecular weight is 419 g/mol. The summed E-state index contributed by atoms with van der Waals surface area (Å²) >= 11 is 0. The van der Waals surface area contributed by atoms with Crippen molar-refractivity contribution in [2.45, 2.75) is 39.2 Å². The van der Waals surface area contributed by atoms with E-state index < -0.39 is 10.0 Å². The van der Waals surface area contributed by atoms with Crippen molar-refractivity contribution in [3.05, 3.63) is 59.7 Å². The van der Waals surface area contributed by atoms with Crippen LogP contribution in [0.4, 0.5) is 5.69 Å². The molecule has 0 heterocycles. The van der Waals surface area contributed by atoms with Crippen LogP contribution in [0.2, 0.25) is 0 Å². The van der Waals surface area contributed by atoms with Crippen molar-refractivity contribution in [2.75, 3.05) is 24.2 Å². The Morgan fingerprint density at radius 2 is 1.72 bits per heavy atom. The molecule has 29 heavy (non-hydrogen) atoms. The van der Waals surface area contributed by atoms with Crippen molar-refractivity contribution in [3.8, 4) is 5.75 Å². The molecule has 0 aliphatic heterocycles. The number of nitrogens with zero attached hydrogens (tertiary/aromatic N) is 1. The van der Waals surface area contributed by atoms with Crippen molar-refractivity contribution in [1.29, 1.82) is 0 Å². The molecule has 0 unspecified atom stereocenters. The van der Waals surface area contributed by atoms with E-state index in [2.05, 4.69) is 12.2 Å². The van der Waals surface area contributed by atoms with Gasteiger partial charge in [0, 0.05) is 13.0 Å². The molecule has 0 radical (unpaired) electrons. The molecule has 2 rings (SSSR count). The zero-order chi connectivity index (χ0) is 21.4. The zero-order valence-electron chi connectivity index (χ0n) is 17.5. The van der Waals surface area contributed by atoms with Crippen LogP contribution in [0, 0.1) is 0 Å². The fourth-order valence-electron chi connectivity index (χ4n) is 3.06. The van der Waals surface area contributed by atoms with Gasteiger partial charge in [-0.25, -0.2) is 8.42 Å². The highest BCUT2D eigenvalue weighted by atomic mass is 32.2. The van der Waals surface area contributed by atoms with Gasteiger partial charge in [-0.15, -0.1) is 0 Å². The van der Waals surface area contributed by atoms with Crippen molar-refractivity contribution in [1.82, 2.24) is 5.32 Å². The summed E-state index contributed by atoms with van der Waals surface area (Å²) in [6, 6.07) is 14.9. The molecule has 0 spiro atoms. The van der Waals surface area contributed by atoms with Gasteiger partial charge in [0.25, 0.3) is 0 Å². The van der Waals surface area contributed by atoms with Gasteiger partial charge in [0.15, 0.2) is 0 Å². The standard InChI is InChI=1S/C22H30N2O4S/c1-5-18-8-12-20(13-9-18)24(29(4,26)27)16-6-7-22(25)23-17(2)19-10-14-21(28-3)15-11-19/h8-15,17H,5-7,16H2,1-4H3,(H,23,25)/t17-/m1/s1. The molecule has 0 saturated heterocycles. The number of hydrogen-bond acceptors (Lipinski definition) is 4. The highest BCUT2D eigenvalue weighted by Gasteiger charge is 2.18. The number of anilines is 1. The molecule has 0 aliphatic rings. The minimum absolute atomic E-state index is 0.108. The van der Waals surface area contributed by atoms with Crippen LogP contribution < -0.4 is 14.4 Å². The molecule has 0 saturated carbocycles. The van der Waals surface area contributed by atoms with Crippen molar-refractivity contribution >= 4 is 21.6 Å². The second-order valence-electron chi connectivity index (χ2n) is 7.02. The van der Waals surface area contributed by atoms with Gasteiger partial charge in [-0.1, -0.05) is 31.2 Å². The lowest BCUT2D eigenvalue weighted by atomic mass is 10.1. The van der Waals surface area contributed by atoms with Crippen LogP contribution >= 0.6 is 0 Å². The summed E-state index contributed by atoms with van der Waals surface area (Å²) in [6.07, 6.45) is 2.77. The molecule has 158 valence electrons. The number of hydrogen-bond donors (Lipinski definition) is 1. The molecule has 1 N–H and O–H groups in total. The lowest BCUT2D eigenvalue weighted by Gasteiger charge is -2.23. The minimum atomic E-state index is -3.42. The van der Waals surface area contributed by atoms with E-state index in [4.69, 9.17) is 4.74 Å². The average Bonchev–Trinajstić information content (AvgIpc) is 2.70. The zero-order valence-corrected chi connectivity index (χ0v) is 18.3. The first-order valence-corrected chi connectivity index (χ1v) is 11.6. The van der Waals surface area contributed by atoms with Crippen LogP contribution in [-0.2, 0) is 21.2 Å². The second kappa shape index (κ2) is 10.3. The maximum atomic E-state index is 12.3. The second-order valence-corrected chi connectivity index (χ2v) is 8.93. The smallest absolute Gasteiger partial charge is 0.232 e. The van der Waals surface area contributed by atoms with E-state index in [1.165, 1.54) is 10.6 Å². The van der Waals surface area contributed by atoms with Gasteiger partial charge < -0.3 is 10.1 Å². The van der Waals surface area contributed by atoms with Crippen LogP contribution in [0.3, 0.4) is 0 Å². The van der Waals surface area contributed by atoms with Crippen molar-refractivity contribution < 1.29 is 17.9 Å². The van der Waals surface area contributed by atoms with Crippen LogP contribution in [0.15, 0.2) is 48.5 Å². The summed E-state index contributed by atoms with van der Waals surface area (Å²) in [6.45, 7) is 4.22. The quantitative estimate of drug-likeness (QED) is 0.639. The summed E-state index contributed by atoms with van der Waals surface area (Å²) in [5.74, 6) is 0.656. The molecule has 0 bridgehead atoms. The number of carbonyl (C=O) groups is 1. The Bertz CT molecular complexity index is 893. The maximum Gasteiger partial charge on any atom is 0.232 e. The van der Waals surface area contributed by atoms with Crippen molar-refractivity contribution in [3.63, 3.8) is 0 Å². The van der Waals surface area contributed by atoms with E-state index in [0.29, 0.717) is 12.1 Å². The number of ether oxygens (including phenoxy) is 1. The summed E-state index contributed by atoms with van der Waals surface area (Å²) in [4.78, 5) is 12.3. The molecule has 2 aromatic carbocycles. The molecule has 0 aromatic heterocycles. The summed E-state index contributed by atoms with van der Waals surface area (Å²) in [7, 11) is -1.81. The molecule has 0 fully saturated rings. The van der Waals surface area contributed by atoms with E-state index in [1.54, 1.807) is 7.11 Å². The van der Waals surface area contributed by atoms with Gasteiger partial charge in [-0.2, -0.15) is 0 Å². The van der Waals surface area contributed by atoms with Gasteiger partial charge in [0.1, 0.15) is 5.75 Å². The third-order valence-electron chi connectivity index (χ3n) is 4.79. The molecule has 1 amide bonds. The molecule has 2 aromatic rings. The van der Waals surface area contributed by atoms with Gasteiger partial charge >= 0.3 is 0 Å². The van der Waals surface area contributed by atoms with E-state index in [9.17, 15) is 13.2 Å². The van der Waals surface area contributed by atoms with E-state index in [-0.39, 0.29) is 24.9 Å². The van der Waals surface area contributed by atoms with Crippen molar-refractivity contribution in [2.24, 2.45) is 0 Å². The molecule has 7 heteroatoms. The normalized spacial score (nSPS) is 12.3. The molecular weight excluding hydrogens is 388 g/mol. The Balaban J connectivity index is 1.91. The Morgan fingerprint density at radius 3 is 2.24 bits per heavy atom. The van der Waals surface area contributed by atoms with Gasteiger partial charge in [0.2, 0.25) is 15.9 Å². The first kappa shape index (κ1) is 22.7. The molecule has 6 nitrogen and oxygen atoms in total. The summed E-state index contributed by atoms with van der Waals surface area (Å²) in [5.41, 5.74) is 2.75. The highest BCUT2D eigenvalue weighted by molar-refractivity contribution is 7.92. The lowest BCUT2D eigenvalue weighted by molar-refractivity contribution is -0.121. The number of methoxy groups -OCH3 is 1. The largest absolute Gasteiger partial charge is 0.497 e. The van der Waals surface area contributed by atoms with Crippen LogP contribution in [-0.4, -0.2) is 34.2 Å². The first-order chi connectivity index (χ1) is 13.7. The maximum absolute atomic E-state index is 12.3. The van der Waals surface area contributed by atoms with Crippen LogP contribution in [0.1, 0.15) is 43.9 Å². The van der Waals surface area contributed by atoms with Gasteiger partial charge in [0.05, 0.1) is 25.1 Å². The number of carbonyl (C=O) groups excluding carboxylic acids is 1. The molecule has 1 atom stereocenters. The Kier molecular flexibility index (Phi) is 8.08. The summed E-state index contributed by atoms with van der Waals surface area (Å²) in [5, 5.41) is 2.95. The van der Waals surface area contributed by atoms with Gasteiger partial charge in [-0.3, -0.25) is 9.10 Å². The fourth-order valence-corrected chi connectivity index (χ4v) is 4.02. The Labute approximate surface area is 173 Å². The first-order valence-electron chi connectivity index (χ1n) is 9.74. The predicted octanol–water partition coefficient (Wildman–Crippen LogP) is 3.68. The molecule has 0 aliphatic carbocycles. The predicted molar refractivity (Wildman–Crippen MR) is 117 cm³/mol. The number of aryl methyl sites for hydroxylation is 1. The van der Waals surface area contributed by atoms with E-state index in [1.807, 2.05) is 55.5 Å². The number of benzene rings is 2. The number of amides is 1. The van der Waals surface area contributed by atoms with Crippen LogP contribution in [0.5, 0.6) is 5.75 Å². The SMILES string of the molecule is CCc1ccc(N(CCCC(=O)N[C@H](C)c2ccc(OC)cc2)S(C)(=O)=O)cc1. The minimum Gasteiger partial charge on any atom is -0.497 e. The number of sulfonamides is 1. The topological polar surface area (TPSA) is 75.7 Å². The Hall–Kier alpha value is -2.54.